The maximum Gasteiger partial charge on any atom is 0.253 e. The second-order valence-electron chi connectivity index (χ2n) is 10.4. The Morgan fingerprint density at radius 3 is 2.61 bits per heavy atom. The van der Waals surface area contributed by atoms with Gasteiger partial charge in [0.2, 0.25) is 11.8 Å². The summed E-state index contributed by atoms with van der Waals surface area (Å²) < 4.78 is 13.0. The molecule has 4 rings (SSSR count). The lowest BCUT2D eigenvalue weighted by Gasteiger charge is -2.25. The largest absolute Gasteiger partial charge is 0.493 e. The van der Waals surface area contributed by atoms with Crippen LogP contribution < -0.4 is 20.1 Å². The standard InChI is InChI=1S/C29H37N7O5/c1-19(2)10-24-29(39)32-7-9-35(26(37)6-5-8-36-18-31-17-33-36)16-20-11-23(27(41-4)25(12-20)40-3)21-13-22(15-30-14-21)28(38)34-24/h11-15,17-19,24H,5-10,16H2,1-4H3,(H,32,39)(H,34,38)/t24-/m1/s1. The lowest BCUT2D eigenvalue weighted by atomic mass is 10.00. The minimum atomic E-state index is -0.737. The molecule has 218 valence electrons. The summed E-state index contributed by atoms with van der Waals surface area (Å²) in [5.41, 5.74) is 2.43. The first kappa shape index (κ1) is 29.5. The molecule has 3 heterocycles. The first-order valence-electron chi connectivity index (χ1n) is 13.7. The maximum atomic E-state index is 13.4. The summed E-state index contributed by atoms with van der Waals surface area (Å²) in [5, 5.41) is 9.88. The molecule has 2 aromatic heterocycles. The molecule has 1 aliphatic heterocycles. The topological polar surface area (TPSA) is 141 Å². The van der Waals surface area contributed by atoms with Crippen molar-refractivity contribution >= 4 is 17.7 Å². The van der Waals surface area contributed by atoms with E-state index in [1.807, 2.05) is 26.0 Å². The number of pyridine rings is 1. The van der Waals surface area contributed by atoms with Crippen LogP contribution in [0.3, 0.4) is 0 Å². The summed E-state index contributed by atoms with van der Waals surface area (Å²) in [6, 6.07) is 4.71. The maximum absolute atomic E-state index is 13.4. The number of benzene rings is 1. The minimum absolute atomic E-state index is 0.0595. The number of fused-ring (bicyclic) bond motifs is 5. The van der Waals surface area contributed by atoms with Gasteiger partial charge < -0.3 is 25.0 Å². The van der Waals surface area contributed by atoms with Crippen LogP contribution in [0.1, 0.15) is 49.0 Å². The van der Waals surface area contributed by atoms with E-state index in [-0.39, 0.29) is 37.4 Å². The summed E-state index contributed by atoms with van der Waals surface area (Å²) in [5.74, 6) is 0.382. The van der Waals surface area contributed by atoms with Crippen molar-refractivity contribution in [3.8, 4) is 22.6 Å². The van der Waals surface area contributed by atoms with Crippen LogP contribution in [0, 0.1) is 5.92 Å². The number of amides is 3. The van der Waals surface area contributed by atoms with E-state index in [0.29, 0.717) is 54.0 Å². The molecule has 0 spiro atoms. The van der Waals surface area contributed by atoms with Crippen LogP contribution >= 0.6 is 0 Å². The predicted octanol–water partition coefficient (Wildman–Crippen LogP) is 2.44. The van der Waals surface area contributed by atoms with Gasteiger partial charge in [0.15, 0.2) is 11.5 Å². The number of rotatable bonds is 8. The van der Waals surface area contributed by atoms with Crippen LogP contribution in [-0.2, 0) is 22.7 Å². The van der Waals surface area contributed by atoms with E-state index < -0.39 is 11.9 Å². The predicted molar refractivity (Wildman–Crippen MR) is 151 cm³/mol. The number of nitrogens with one attached hydrogen (secondary N) is 2. The Bertz CT molecular complexity index is 1360. The molecule has 3 amide bonds. The van der Waals surface area contributed by atoms with E-state index in [2.05, 4.69) is 25.7 Å². The van der Waals surface area contributed by atoms with Gasteiger partial charge >= 0.3 is 0 Å². The molecule has 0 saturated heterocycles. The first-order valence-corrected chi connectivity index (χ1v) is 13.7. The average Bonchev–Trinajstić information content (AvgIpc) is 3.48. The van der Waals surface area contributed by atoms with E-state index in [1.165, 1.54) is 12.5 Å². The fourth-order valence-corrected chi connectivity index (χ4v) is 4.83. The van der Waals surface area contributed by atoms with E-state index in [4.69, 9.17) is 9.47 Å². The Kier molecular flexibility index (Phi) is 9.88. The van der Waals surface area contributed by atoms with Crippen LogP contribution in [0.2, 0.25) is 0 Å². The third-order valence-electron chi connectivity index (χ3n) is 6.83. The second kappa shape index (κ2) is 13.7. The third kappa shape index (κ3) is 7.59. The van der Waals surface area contributed by atoms with Gasteiger partial charge in [0.1, 0.15) is 18.7 Å². The number of carbonyl (C=O) groups excluding carboxylic acids is 3. The van der Waals surface area contributed by atoms with Gasteiger partial charge in [0, 0.05) is 56.1 Å². The van der Waals surface area contributed by atoms with Crippen LogP contribution in [0.5, 0.6) is 11.5 Å². The molecule has 0 radical (unpaired) electrons. The highest BCUT2D eigenvalue weighted by atomic mass is 16.5. The lowest BCUT2D eigenvalue weighted by Crippen LogP contribution is -2.49. The molecule has 4 bridgehead atoms. The number of hydrogen-bond donors (Lipinski definition) is 2. The van der Waals surface area contributed by atoms with Crippen molar-refractivity contribution in [2.24, 2.45) is 5.92 Å². The molecule has 1 aromatic carbocycles. The summed E-state index contributed by atoms with van der Waals surface area (Å²) in [7, 11) is 3.10. The summed E-state index contributed by atoms with van der Waals surface area (Å²) >= 11 is 0. The Morgan fingerprint density at radius 2 is 1.90 bits per heavy atom. The van der Waals surface area contributed by atoms with E-state index in [0.717, 1.165) is 5.56 Å². The van der Waals surface area contributed by atoms with Crippen LogP contribution in [0.4, 0.5) is 0 Å². The van der Waals surface area contributed by atoms with Gasteiger partial charge in [-0.05, 0) is 42.5 Å². The van der Waals surface area contributed by atoms with Crippen molar-refractivity contribution in [2.45, 2.75) is 52.2 Å². The Balaban J connectivity index is 1.71. The molecule has 2 N–H and O–H groups in total. The molecule has 12 nitrogen and oxygen atoms in total. The molecule has 0 saturated carbocycles. The van der Waals surface area contributed by atoms with E-state index >= 15 is 0 Å². The Morgan fingerprint density at radius 1 is 1.10 bits per heavy atom. The number of methoxy groups -OCH3 is 2. The molecule has 3 aromatic rings. The molecule has 0 fully saturated rings. The number of nitrogens with zero attached hydrogens (tertiary/aromatic N) is 5. The van der Waals surface area contributed by atoms with Gasteiger partial charge in [-0.25, -0.2) is 4.98 Å². The van der Waals surface area contributed by atoms with Gasteiger partial charge in [-0.15, -0.1) is 0 Å². The van der Waals surface area contributed by atoms with Gasteiger partial charge in [-0.1, -0.05) is 13.8 Å². The summed E-state index contributed by atoms with van der Waals surface area (Å²) in [6.07, 6.45) is 7.53. The van der Waals surface area contributed by atoms with Crippen molar-refractivity contribution in [1.29, 1.82) is 0 Å². The molecule has 12 heteroatoms. The Hall–Kier alpha value is -4.48. The van der Waals surface area contributed by atoms with Crippen molar-refractivity contribution in [3.05, 3.63) is 54.4 Å². The highest BCUT2D eigenvalue weighted by Gasteiger charge is 2.25. The highest BCUT2D eigenvalue weighted by Crippen LogP contribution is 2.39. The molecule has 0 aliphatic carbocycles. The van der Waals surface area contributed by atoms with E-state index in [1.54, 1.807) is 42.4 Å². The van der Waals surface area contributed by atoms with Crippen molar-refractivity contribution in [3.63, 3.8) is 0 Å². The Labute approximate surface area is 239 Å². The smallest absolute Gasteiger partial charge is 0.253 e. The average molecular weight is 564 g/mol. The van der Waals surface area contributed by atoms with Crippen LogP contribution in [-0.4, -0.2) is 75.7 Å². The monoisotopic (exact) mass is 563 g/mol. The number of hydrogen-bond acceptors (Lipinski definition) is 8. The van der Waals surface area contributed by atoms with Gasteiger partial charge in [-0.2, -0.15) is 5.10 Å². The highest BCUT2D eigenvalue weighted by molar-refractivity contribution is 5.98. The SMILES string of the molecule is COc1cc2cc(c1OC)-c1cncc(c1)C(=O)N[C@H](CC(C)C)C(=O)NCCN(C(=O)CCCn1cncn1)C2. The normalized spacial score (nSPS) is 15.9. The molecule has 41 heavy (non-hydrogen) atoms. The zero-order valence-electron chi connectivity index (χ0n) is 23.9. The zero-order valence-corrected chi connectivity index (χ0v) is 23.9. The van der Waals surface area contributed by atoms with Crippen molar-refractivity contribution in [2.75, 3.05) is 27.3 Å². The summed E-state index contributed by atoms with van der Waals surface area (Å²) in [6.45, 7) is 5.34. The van der Waals surface area contributed by atoms with Crippen LogP contribution in [0.25, 0.3) is 11.1 Å². The second-order valence-corrected chi connectivity index (χ2v) is 10.4. The molecular formula is C29H37N7O5. The zero-order chi connectivity index (χ0) is 29.4. The van der Waals surface area contributed by atoms with Gasteiger partial charge in [-0.3, -0.25) is 24.0 Å². The third-order valence-corrected chi connectivity index (χ3v) is 6.83. The number of aryl methyl sites for hydroxylation is 1. The summed E-state index contributed by atoms with van der Waals surface area (Å²) in [4.78, 5) is 49.8. The molecule has 1 aliphatic rings. The molecule has 1 atom stereocenters. The number of aromatic nitrogens is 4. The number of ether oxygens (including phenoxy) is 2. The van der Waals surface area contributed by atoms with Crippen molar-refractivity contribution in [1.82, 2.24) is 35.3 Å². The number of carbonyl (C=O) groups is 3. The first-order chi connectivity index (χ1) is 19.8. The van der Waals surface area contributed by atoms with Crippen LogP contribution in [0.15, 0.2) is 43.2 Å². The van der Waals surface area contributed by atoms with Gasteiger partial charge in [0.25, 0.3) is 5.91 Å². The fraction of sp³-hybridized carbons (Fsp3) is 0.448. The van der Waals surface area contributed by atoms with E-state index in [9.17, 15) is 14.4 Å². The van der Waals surface area contributed by atoms with Crippen molar-refractivity contribution < 1.29 is 23.9 Å². The van der Waals surface area contributed by atoms with Gasteiger partial charge in [0.05, 0.1) is 19.8 Å². The molecule has 0 unspecified atom stereocenters. The quantitative estimate of drug-likeness (QED) is 0.426. The lowest BCUT2D eigenvalue weighted by molar-refractivity contribution is -0.132. The molecular weight excluding hydrogens is 526 g/mol. The minimum Gasteiger partial charge on any atom is -0.493 e. The fourth-order valence-electron chi connectivity index (χ4n) is 4.83.